The van der Waals surface area contributed by atoms with Crippen molar-refractivity contribution in [3.8, 4) is 16.8 Å². The van der Waals surface area contributed by atoms with E-state index in [9.17, 15) is 0 Å². The van der Waals surface area contributed by atoms with Gasteiger partial charge in [0.05, 0.1) is 11.0 Å². The summed E-state index contributed by atoms with van der Waals surface area (Å²) in [5.74, 6) is 0. The number of hydrogen-bond acceptors (Lipinski definition) is 2. The molecular weight excluding hydrogens is 693 g/mol. The molecule has 0 unspecified atom stereocenters. The maximum atomic E-state index is 6.51. The second kappa shape index (κ2) is 12.5. The van der Waals surface area contributed by atoms with E-state index in [1.165, 1.54) is 65.3 Å². The second-order valence-corrected chi connectivity index (χ2v) is 14.9. The summed E-state index contributed by atoms with van der Waals surface area (Å²) in [6.07, 6.45) is 0. The summed E-state index contributed by atoms with van der Waals surface area (Å²) in [5.41, 5.74) is 10.9. The topological polar surface area (TPSA) is 21.3 Å². The molecule has 2 heterocycles. The van der Waals surface area contributed by atoms with Crippen molar-refractivity contribution in [2.24, 2.45) is 0 Å². The molecule has 0 radical (unpaired) electrons. The smallest absolute Gasteiger partial charge is 0.136 e. The summed E-state index contributed by atoms with van der Waals surface area (Å²) >= 11 is 0. The minimum absolute atomic E-state index is 0.877. The third-order valence-corrected chi connectivity index (χ3v) is 11.7. The summed E-state index contributed by atoms with van der Waals surface area (Å²) in [7, 11) is 0. The average molecular weight is 727 g/mol. The molecule has 0 N–H and O–H groups in total. The summed E-state index contributed by atoms with van der Waals surface area (Å²) in [6, 6.07) is 74.6. The van der Waals surface area contributed by atoms with Crippen molar-refractivity contribution in [2.75, 3.05) is 4.90 Å². The number of rotatable bonds is 5. The number of anilines is 3. The largest absolute Gasteiger partial charge is 0.456 e. The van der Waals surface area contributed by atoms with E-state index in [2.05, 4.69) is 216 Å². The van der Waals surface area contributed by atoms with Gasteiger partial charge >= 0.3 is 0 Å². The first-order chi connectivity index (χ1) is 28.3. The highest BCUT2D eigenvalue weighted by atomic mass is 16.3. The number of hydrogen-bond donors (Lipinski definition) is 0. The fourth-order valence-electron chi connectivity index (χ4n) is 9.15. The highest BCUT2D eigenvalue weighted by Gasteiger charge is 2.22. The summed E-state index contributed by atoms with van der Waals surface area (Å²) < 4.78 is 8.94. The van der Waals surface area contributed by atoms with E-state index in [1.54, 1.807) is 0 Å². The zero-order chi connectivity index (χ0) is 37.5. The fraction of sp³-hybridized carbons (Fsp3) is 0. The minimum Gasteiger partial charge on any atom is -0.456 e. The molecule has 0 aliphatic carbocycles. The van der Waals surface area contributed by atoms with E-state index >= 15 is 0 Å². The highest BCUT2D eigenvalue weighted by Crippen LogP contribution is 2.45. The van der Waals surface area contributed by atoms with Crippen LogP contribution in [-0.2, 0) is 0 Å². The van der Waals surface area contributed by atoms with E-state index in [1.807, 2.05) is 0 Å². The van der Waals surface area contributed by atoms with E-state index < -0.39 is 0 Å². The van der Waals surface area contributed by atoms with Gasteiger partial charge in [0.15, 0.2) is 0 Å². The van der Waals surface area contributed by atoms with Gasteiger partial charge in [0.2, 0.25) is 0 Å². The lowest BCUT2D eigenvalue weighted by Crippen LogP contribution is -2.10. The molecule has 0 bridgehead atoms. The van der Waals surface area contributed by atoms with Gasteiger partial charge in [-0.2, -0.15) is 0 Å². The van der Waals surface area contributed by atoms with Gasteiger partial charge in [-0.15, -0.1) is 0 Å². The molecule has 0 atom stereocenters. The van der Waals surface area contributed by atoms with Crippen LogP contribution in [0.4, 0.5) is 17.1 Å². The predicted molar refractivity (Wildman–Crippen MR) is 241 cm³/mol. The molecule has 2 aromatic heterocycles. The first-order valence-electron chi connectivity index (χ1n) is 19.5. The van der Waals surface area contributed by atoms with Crippen LogP contribution in [-0.4, -0.2) is 4.57 Å². The maximum absolute atomic E-state index is 6.51. The van der Waals surface area contributed by atoms with Crippen molar-refractivity contribution < 1.29 is 4.42 Å². The van der Waals surface area contributed by atoms with E-state index in [0.717, 1.165) is 44.7 Å². The zero-order valence-electron chi connectivity index (χ0n) is 30.9. The molecule has 0 saturated heterocycles. The Hall–Kier alpha value is -7.62. The van der Waals surface area contributed by atoms with E-state index in [0.29, 0.717) is 0 Å². The molecule has 3 nitrogen and oxygen atoms in total. The Morgan fingerprint density at radius 2 is 0.982 bits per heavy atom. The number of benzene rings is 10. The molecule has 0 saturated carbocycles. The third-order valence-electron chi connectivity index (χ3n) is 11.7. The lowest BCUT2D eigenvalue weighted by molar-refractivity contribution is 0.669. The first-order valence-corrected chi connectivity index (χ1v) is 19.5. The number of furan rings is 1. The maximum Gasteiger partial charge on any atom is 0.136 e. The quantitative estimate of drug-likeness (QED) is 0.176. The normalized spacial score (nSPS) is 11.9. The standard InChI is InChI=1S/C54H34N2O/c1-3-13-35(14-4-1)47-34-42(31-38-17-9-10-20-43(38)47)55(41-26-30-51-49(33-41)53-44-21-11-7-15-36(44)24-29-52(53)57-51)40-25-28-50-48(32-40)46-27-23-37-16-8-12-22-45(37)54(46)56(50)39-18-5-2-6-19-39/h1-34H. The zero-order valence-corrected chi connectivity index (χ0v) is 30.9. The highest BCUT2D eigenvalue weighted by molar-refractivity contribution is 6.21. The molecule has 0 amide bonds. The van der Waals surface area contributed by atoms with Gasteiger partial charge in [-0.25, -0.2) is 0 Å². The molecular formula is C54H34N2O. The molecule has 0 spiro atoms. The molecule has 57 heavy (non-hydrogen) atoms. The van der Waals surface area contributed by atoms with Crippen molar-refractivity contribution in [3.05, 3.63) is 206 Å². The number of aromatic nitrogens is 1. The van der Waals surface area contributed by atoms with Gasteiger partial charge in [0.1, 0.15) is 11.2 Å². The van der Waals surface area contributed by atoms with E-state index in [-0.39, 0.29) is 0 Å². The molecule has 0 fully saturated rings. The molecule has 12 rings (SSSR count). The van der Waals surface area contributed by atoms with E-state index in [4.69, 9.17) is 4.42 Å². The van der Waals surface area contributed by atoms with Crippen LogP contribution in [0.2, 0.25) is 0 Å². The van der Waals surface area contributed by atoms with Gasteiger partial charge in [-0.1, -0.05) is 140 Å². The molecule has 12 aromatic rings. The third kappa shape index (κ3) is 4.92. The van der Waals surface area contributed by atoms with Crippen molar-refractivity contribution in [1.29, 1.82) is 0 Å². The summed E-state index contributed by atoms with van der Waals surface area (Å²) in [4.78, 5) is 2.43. The molecule has 266 valence electrons. The van der Waals surface area contributed by atoms with Crippen LogP contribution in [0.1, 0.15) is 0 Å². The van der Waals surface area contributed by atoms with Crippen LogP contribution < -0.4 is 4.90 Å². The van der Waals surface area contributed by atoms with Crippen molar-refractivity contribution >= 4 is 93.1 Å². The molecule has 10 aromatic carbocycles. The SMILES string of the molecule is c1ccc(-c2cc(N(c3ccc4oc5ccc6ccccc6c5c4c3)c3ccc4c(c3)c3ccc5ccccc5c3n4-c3ccccc3)cc3ccccc23)cc1. The van der Waals surface area contributed by atoms with Gasteiger partial charge in [-0.05, 0) is 105 Å². The van der Waals surface area contributed by atoms with Gasteiger partial charge in [-0.3, -0.25) is 0 Å². The van der Waals surface area contributed by atoms with Crippen LogP contribution in [0.3, 0.4) is 0 Å². The van der Waals surface area contributed by atoms with Crippen molar-refractivity contribution in [3.63, 3.8) is 0 Å². The Bertz CT molecular complexity index is 3520. The predicted octanol–water partition coefficient (Wildman–Crippen LogP) is 15.3. The molecule has 0 aliphatic heterocycles. The van der Waals surface area contributed by atoms with Crippen molar-refractivity contribution in [2.45, 2.75) is 0 Å². The first kappa shape index (κ1) is 31.7. The summed E-state index contributed by atoms with van der Waals surface area (Å²) in [5, 5.41) is 11.9. The van der Waals surface area contributed by atoms with Crippen LogP contribution in [0, 0.1) is 0 Å². The fourth-order valence-corrected chi connectivity index (χ4v) is 9.15. The number of nitrogens with zero attached hydrogens (tertiary/aromatic N) is 2. The lowest BCUT2D eigenvalue weighted by Gasteiger charge is -2.27. The Kier molecular flexibility index (Phi) is 6.93. The molecule has 0 aliphatic rings. The van der Waals surface area contributed by atoms with Crippen LogP contribution in [0.5, 0.6) is 0 Å². The average Bonchev–Trinajstić information content (AvgIpc) is 3.83. The number of fused-ring (bicyclic) bond motifs is 11. The lowest BCUT2D eigenvalue weighted by atomic mass is 9.96. The Balaban J connectivity index is 1.17. The monoisotopic (exact) mass is 726 g/mol. The Labute approximate surface area is 328 Å². The summed E-state index contributed by atoms with van der Waals surface area (Å²) in [6.45, 7) is 0. The van der Waals surface area contributed by atoms with Crippen LogP contribution in [0.15, 0.2) is 211 Å². The van der Waals surface area contributed by atoms with Gasteiger partial charge in [0.25, 0.3) is 0 Å². The number of para-hydroxylation sites is 1. The van der Waals surface area contributed by atoms with Gasteiger partial charge < -0.3 is 13.9 Å². The van der Waals surface area contributed by atoms with Crippen LogP contribution in [0.25, 0.3) is 92.9 Å². The Morgan fingerprint density at radius 1 is 0.368 bits per heavy atom. The second-order valence-electron chi connectivity index (χ2n) is 14.9. The van der Waals surface area contributed by atoms with Crippen molar-refractivity contribution in [1.82, 2.24) is 4.57 Å². The Morgan fingerprint density at radius 3 is 1.79 bits per heavy atom. The van der Waals surface area contributed by atoms with Crippen LogP contribution >= 0.6 is 0 Å². The minimum atomic E-state index is 0.877. The van der Waals surface area contributed by atoms with Gasteiger partial charge in [0, 0.05) is 49.7 Å². The molecule has 3 heteroatoms.